The monoisotopic (exact) mass is 725 g/mol. The number of aromatic nitrogens is 5. The lowest BCUT2D eigenvalue weighted by Gasteiger charge is -2.37. The molecule has 2 amide bonds. The van der Waals surface area contributed by atoms with E-state index in [1.54, 1.807) is 9.58 Å². The van der Waals surface area contributed by atoms with Crippen LogP contribution in [0.15, 0.2) is 54.7 Å². The fourth-order valence-electron chi connectivity index (χ4n) is 8.68. The smallest absolute Gasteiger partial charge is 0.256 e. The van der Waals surface area contributed by atoms with Crippen LogP contribution in [0.5, 0.6) is 0 Å². The first-order valence-electron chi connectivity index (χ1n) is 19.2. The first kappa shape index (κ1) is 34.2. The second-order valence-electron chi connectivity index (χ2n) is 15.4. The molecule has 0 bridgehead atoms. The van der Waals surface area contributed by atoms with Gasteiger partial charge < -0.3 is 25.8 Å². The summed E-state index contributed by atoms with van der Waals surface area (Å²) >= 11 is 0. The van der Waals surface area contributed by atoms with Gasteiger partial charge in [-0.05, 0) is 98.4 Å². The van der Waals surface area contributed by atoms with E-state index >= 15 is 0 Å². The van der Waals surface area contributed by atoms with Gasteiger partial charge in [0.1, 0.15) is 11.9 Å². The van der Waals surface area contributed by atoms with Crippen molar-refractivity contribution in [3.05, 3.63) is 88.2 Å². The fourth-order valence-corrected chi connectivity index (χ4v) is 8.68. The molecule has 0 spiro atoms. The molecule has 1 atom stereocenters. The van der Waals surface area contributed by atoms with Crippen molar-refractivity contribution >= 4 is 51.8 Å². The number of aryl methyl sites for hydroxylation is 3. The Labute approximate surface area is 315 Å². The SMILES string of the molecule is Cc1cccc(C)c1Nc1nn(C)c2nc(Nc3ccc4c(c3)CN(CC3CCN(c5ccc6c(n5)CN(C5CCCNC5=O)C6=O)CC3)CC4)ncc12. The van der Waals surface area contributed by atoms with E-state index in [0.29, 0.717) is 36.9 Å². The molecule has 4 aliphatic heterocycles. The van der Waals surface area contributed by atoms with Crippen LogP contribution in [-0.2, 0) is 31.4 Å². The van der Waals surface area contributed by atoms with Gasteiger partial charge in [-0.3, -0.25) is 14.5 Å². The Morgan fingerprint density at radius 3 is 2.56 bits per heavy atom. The Hall–Kier alpha value is -5.56. The van der Waals surface area contributed by atoms with E-state index in [9.17, 15) is 9.59 Å². The first-order chi connectivity index (χ1) is 26.3. The molecule has 2 fully saturated rings. The number of rotatable bonds is 8. The van der Waals surface area contributed by atoms with Crippen LogP contribution in [0.2, 0.25) is 0 Å². The second kappa shape index (κ2) is 14.0. The Balaban J connectivity index is 0.806. The average Bonchev–Trinajstić information content (AvgIpc) is 3.67. The highest BCUT2D eigenvalue weighted by molar-refractivity contribution is 6.01. The summed E-state index contributed by atoms with van der Waals surface area (Å²) < 4.78 is 1.80. The summed E-state index contributed by atoms with van der Waals surface area (Å²) in [5.74, 6) is 2.71. The Morgan fingerprint density at radius 1 is 0.907 bits per heavy atom. The molecule has 5 aromatic rings. The van der Waals surface area contributed by atoms with Gasteiger partial charge in [-0.25, -0.2) is 14.6 Å². The number of carbonyl (C=O) groups is 2. The molecule has 3 N–H and O–H groups in total. The van der Waals surface area contributed by atoms with Crippen molar-refractivity contribution < 1.29 is 9.59 Å². The van der Waals surface area contributed by atoms with Crippen molar-refractivity contribution in [2.24, 2.45) is 13.0 Å². The number of piperidine rings is 2. The van der Waals surface area contributed by atoms with E-state index in [1.165, 1.54) is 11.1 Å². The number of nitrogens with zero attached hydrogens (tertiary/aromatic N) is 8. The molecular formula is C41H47N11O2. The minimum Gasteiger partial charge on any atom is -0.357 e. The van der Waals surface area contributed by atoms with E-state index in [2.05, 4.69) is 81.0 Å². The molecular weight excluding hydrogens is 679 g/mol. The lowest BCUT2D eigenvalue weighted by molar-refractivity contribution is -0.127. The van der Waals surface area contributed by atoms with Gasteiger partial charge in [0.2, 0.25) is 11.9 Å². The molecule has 54 heavy (non-hydrogen) atoms. The molecule has 13 heteroatoms. The number of hydrogen-bond donors (Lipinski definition) is 3. The van der Waals surface area contributed by atoms with Gasteiger partial charge in [0, 0.05) is 63.9 Å². The van der Waals surface area contributed by atoms with Gasteiger partial charge in [-0.2, -0.15) is 10.1 Å². The summed E-state index contributed by atoms with van der Waals surface area (Å²) in [5, 5.41) is 15.5. The number of hydrogen-bond acceptors (Lipinski definition) is 10. The highest BCUT2D eigenvalue weighted by atomic mass is 16.2. The lowest BCUT2D eigenvalue weighted by Crippen LogP contribution is -2.50. The number of anilines is 5. The zero-order valence-electron chi connectivity index (χ0n) is 31.2. The molecule has 1 unspecified atom stereocenters. The molecule has 9 rings (SSSR count). The van der Waals surface area contributed by atoms with Crippen LogP contribution < -0.4 is 20.9 Å². The van der Waals surface area contributed by atoms with Gasteiger partial charge in [0.25, 0.3) is 5.91 Å². The highest BCUT2D eigenvalue weighted by Gasteiger charge is 2.38. The third kappa shape index (κ3) is 6.50. The predicted molar refractivity (Wildman–Crippen MR) is 209 cm³/mol. The standard InChI is InChI=1S/C41H47N11O2/c1-25-6-4-7-26(2)36(25)46-37-32-21-43-41(47-38(32)49(3)48-37)44-30-10-9-28-15-17-50(23-29(28)20-30)22-27-13-18-51(19-14-27)35-12-11-31-33(45-35)24-52(40(31)54)34-8-5-16-42-39(34)53/h4,6-7,9-12,20-21,27,34H,5,8,13-19,22-24H2,1-3H3,(H,42,53)(H,46,48)(H,43,44,47). The topological polar surface area (TPSA) is 136 Å². The lowest BCUT2D eigenvalue weighted by atomic mass is 9.93. The van der Waals surface area contributed by atoms with E-state index in [1.807, 2.05) is 25.4 Å². The van der Waals surface area contributed by atoms with Crippen LogP contribution in [-0.4, -0.2) is 85.1 Å². The molecule has 4 aliphatic rings. The summed E-state index contributed by atoms with van der Waals surface area (Å²) in [4.78, 5) is 46.7. The summed E-state index contributed by atoms with van der Waals surface area (Å²) in [6.07, 6.45) is 6.69. The summed E-state index contributed by atoms with van der Waals surface area (Å²) in [6.45, 7) is 10.2. The zero-order chi connectivity index (χ0) is 36.9. The van der Waals surface area contributed by atoms with Crippen LogP contribution in [0.1, 0.15) is 64.0 Å². The maximum Gasteiger partial charge on any atom is 0.256 e. The molecule has 7 heterocycles. The average molecular weight is 726 g/mol. The van der Waals surface area contributed by atoms with Crippen molar-refractivity contribution in [3.8, 4) is 0 Å². The molecule has 3 aromatic heterocycles. The van der Waals surface area contributed by atoms with Gasteiger partial charge in [-0.15, -0.1) is 0 Å². The van der Waals surface area contributed by atoms with E-state index in [0.717, 1.165) is 109 Å². The molecule has 0 saturated carbocycles. The summed E-state index contributed by atoms with van der Waals surface area (Å²) in [6, 6.07) is 16.4. The molecule has 2 aromatic carbocycles. The van der Waals surface area contributed by atoms with Crippen LogP contribution >= 0.6 is 0 Å². The minimum atomic E-state index is -0.396. The quantitative estimate of drug-likeness (QED) is 0.192. The Bertz CT molecular complexity index is 2240. The van der Waals surface area contributed by atoms with Crippen LogP contribution in [0.25, 0.3) is 11.0 Å². The van der Waals surface area contributed by atoms with E-state index in [-0.39, 0.29) is 11.8 Å². The van der Waals surface area contributed by atoms with Crippen molar-refractivity contribution in [2.45, 2.75) is 65.1 Å². The number of pyridine rings is 1. The zero-order valence-corrected chi connectivity index (χ0v) is 31.2. The maximum absolute atomic E-state index is 13.1. The van der Waals surface area contributed by atoms with Crippen LogP contribution in [0.3, 0.4) is 0 Å². The number of benzene rings is 2. The maximum atomic E-state index is 13.1. The third-order valence-electron chi connectivity index (χ3n) is 11.7. The van der Waals surface area contributed by atoms with Crippen molar-refractivity contribution in [3.63, 3.8) is 0 Å². The van der Waals surface area contributed by atoms with Crippen LogP contribution in [0, 0.1) is 19.8 Å². The van der Waals surface area contributed by atoms with Crippen LogP contribution in [0.4, 0.5) is 29.0 Å². The van der Waals surface area contributed by atoms with Crippen molar-refractivity contribution in [1.82, 2.24) is 39.8 Å². The largest absolute Gasteiger partial charge is 0.357 e. The molecule has 0 aliphatic carbocycles. The predicted octanol–water partition coefficient (Wildman–Crippen LogP) is 5.37. The summed E-state index contributed by atoms with van der Waals surface area (Å²) in [7, 11) is 1.91. The number of para-hydroxylation sites is 1. The van der Waals surface area contributed by atoms with Crippen molar-refractivity contribution in [2.75, 3.05) is 48.3 Å². The minimum absolute atomic E-state index is 0.0517. The molecule has 278 valence electrons. The fraction of sp³-hybridized carbons (Fsp3) is 0.415. The van der Waals surface area contributed by atoms with Gasteiger partial charge in [0.15, 0.2) is 11.5 Å². The Morgan fingerprint density at radius 2 is 1.74 bits per heavy atom. The van der Waals surface area contributed by atoms with Gasteiger partial charge >= 0.3 is 0 Å². The molecule has 0 radical (unpaired) electrons. The number of fused-ring (bicyclic) bond motifs is 3. The molecule has 2 saturated heterocycles. The normalized spacial score (nSPS) is 19.2. The summed E-state index contributed by atoms with van der Waals surface area (Å²) in [5.41, 5.74) is 9.29. The van der Waals surface area contributed by atoms with Gasteiger partial charge in [-0.1, -0.05) is 24.3 Å². The number of nitrogens with one attached hydrogen (secondary N) is 3. The highest BCUT2D eigenvalue weighted by Crippen LogP contribution is 2.32. The third-order valence-corrected chi connectivity index (χ3v) is 11.7. The van der Waals surface area contributed by atoms with Gasteiger partial charge in [0.05, 0.1) is 23.2 Å². The second-order valence-corrected chi connectivity index (χ2v) is 15.4. The van der Waals surface area contributed by atoms with Crippen molar-refractivity contribution in [1.29, 1.82) is 0 Å². The number of carbonyl (C=O) groups excluding carboxylic acids is 2. The first-order valence-corrected chi connectivity index (χ1v) is 19.2. The van der Waals surface area contributed by atoms with E-state index < -0.39 is 6.04 Å². The van der Waals surface area contributed by atoms with E-state index in [4.69, 9.17) is 15.1 Å². The molecule has 13 nitrogen and oxygen atoms in total. The Kier molecular flexibility index (Phi) is 8.88. The number of amides is 2.